The molecular weight excluding hydrogens is 266 g/mol. The van der Waals surface area contributed by atoms with Crippen molar-refractivity contribution in [2.24, 2.45) is 17.4 Å². The quantitative estimate of drug-likeness (QED) is 0.775. The normalized spacial score (nSPS) is 23.3. The van der Waals surface area contributed by atoms with Crippen LogP contribution in [0, 0.1) is 12.8 Å². The lowest BCUT2D eigenvalue weighted by Gasteiger charge is -2.28. The second kappa shape index (κ2) is 6.72. The van der Waals surface area contributed by atoms with Crippen molar-refractivity contribution in [3.05, 3.63) is 35.4 Å². The highest BCUT2D eigenvalue weighted by atomic mass is 16.2. The van der Waals surface area contributed by atoms with Crippen molar-refractivity contribution < 1.29 is 9.59 Å². The van der Waals surface area contributed by atoms with Gasteiger partial charge in [0.1, 0.15) is 6.04 Å². The lowest BCUT2D eigenvalue weighted by atomic mass is 9.85. The van der Waals surface area contributed by atoms with Gasteiger partial charge in [0.25, 0.3) is 0 Å². The molecule has 5 nitrogen and oxygen atoms in total. The van der Waals surface area contributed by atoms with Gasteiger partial charge < -0.3 is 16.8 Å². The van der Waals surface area contributed by atoms with Crippen LogP contribution in [0.15, 0.2) is 24.3 Å². The monoisotopic (exact) mass is 289 g/mol. The first-order chi connectivity index (χ1) is 9.97. The summed E-state index contributed by atoms with van der Waals surface area (Å²) >= 11 is 0. The van der Waals surface area contributed by atoms with Gasteiger partial charge in [-0.05, 0) is 38.2 Å². The molecule has 1 saturated carbocycles. The van der Waals surface area contributed by atoms with E-state index in [1.807, 2.05) is 31.2 Å². The van der Waals surface area contributed by atoms with Gasteiger partial charge in [-0.15, -0.1) is 0 Å². The third kappa shape index (κ3) is 4.04. The van der Waals surface area contributed by atoms with Crippen LogP contribution < -0.4 is 16.8 Å². The first-order valence-electron chi connectivity index (χ1n) is 7.39. The van der Waals surface area contributed by atoms with Gasteiger partial charge in [0.05, 0.1) is 0 Å². The predicted octanol–water partition coefficient (Wildman–Crippen LogP) is 1.16. The summed E-state index contributed by atoms with van der Waals surface area (Å²) in [5.74, 6) is -0.457. The van der Waals surface area contributed by atoms with Crippen molar-refractivity contribution in [1.29, 1.82) is 0 Å². The SMILES string of the molecule is Cc1ccc(C(N)C(=O)NC2CCC(C(N)=O)CC2)cc1. The molecule has 5 heteroatoms. The Morgan fingerprint density at radius 1 is 1.14 bits per heavy atom. The lowest BCUT2D eigenvalue weighted by molar-refractivity contribution is -0.124. The molecule has 5 N–H and O–H groups in total. The van der Waals surface area contributed by atoms with Gasteiger partial charge in [0.2, 0.25) is 11.8 Å². The van der Waals surface area contributed by atoms with Crippen molar-refractivity contribution >= 4 is 11.8 Å². The minimum absolute atomic E-state index is 0.0519. The minimum Gasteiger partial charge on any atom is -0.369 e. The zero-order chi connectivity index (χ0) is 15.4. The summed E-state index contributed by atoms with van der Waals surface area (Å²) in [4.78, 5) is 23.3. The number of nitrogens with one attached hydrogen (secondary N) is 1. The standard InChI is InChI=1S/C16H23N3O2/c1-10-2-4-11(5-3-10)14(17)16(21)19-13-8-6-12(7-9-13)15(18)20/h2-5,12-14H,6-9,17H2,1H3,(H2,18,20)(H,19,21). The highest BCUT2D eigenvalue weighted by Crippen LogP contribution is 2.24. The molecule has 2 amide bonds. The van der Waals surface area contributed by atoms with Crippen LogP contribution in [0.3, 0.4) is 0 Å². The van der Waals surface area contributed by atoms with Crippen LogP contribution in [0.25, 0.3) is 0 Å². The van der Waals surface area contributed by atoms with Gasteiger partial charge in [0, 0.05) is 12.0 Å². The van der Waals surface area contributed by atoms with Crippen LogP contribution in [0.1, 0.15) is 42.9 Å². The molecule has 1 atom stereocenters. The summed E-state index contributed by atoms with van der Waals surface area (Å²) in [7, 11) is 0. The number of rotatable bonds is 4. The van der Waals surface area contributed by atoms with Crippen molar-refractivity contribution in [2.75, 3.05) is 0 Å². The fourth-order valence-corrected chi connectivity index (χ4v) is 2.74. The highest BCUT2D eigenvalue weighted by molar-refractivity contribution is 5.83. The second-order valence-corrected chi connectivity index (χ2v) is 5.85. The average molecular weight is 289 g/mol. The maximum absolute atomic E-state index is 12.2. The molecule has 0 radical (unpaired) electrons. The van der Waals surface area contributed by atoms with Crippen molar-refractivity contribution in [2.45, 2.75) is 44.7 Å². The van der Waals surface area contributed by atoms with Crippen molar-refractivity contribution in [3.63, 3.8) is 0 Å². The first kappa shape index (κ1) is 15.5. The Morgan fingerprint density at radius 3 is 2.24 bits per heavy atom. The number of nitrogens with two attached hydrogens (primary N) is 2. The summed E-state index contributed by atoms with van der Waals surface area (Å²) in [5.41, 5.74) is 13.2. The van der Waals surface area contributed by atoms with E-state index in [0.29, 0.717) is 0 Å². The summed E-state index contributed by atoms with van der Waals surface area (Å²) in [6.07, 6.45) is 3.03. The zero-order valence-corrected chi connectivity index (χ0v) is 12.3. The molecule has 0 bridgehead atoms. The Labute approximate surface area is 125 Å². The lowest BCUT2D eigenvalue weighted by Crippen LogP contribution is -2.43. The number of primary amides is 1. The maximum Gasteiger partial charge on any atom is 0.241 e. The number of carbonyl (C=O) groups is 2. The Bertz CT molecular complexity index is 505. The maximum atomic E-state index is 12.2. The van der Waals surface area contributed by atoms with Gasteiger partial charge >= 0.3 is 0 Å². The number of aryl methyl sites for hydroxylation is 1. The zero-order valence-electron chi connectivity index (χ0n) is 12.3. The van der Waals surface area contributed by atoms with Crippen LogP contribution in [-0.2, 0) is 9.59 Å². The number of benzene rings is 1. The molecule has 0 spiro atoms. The summed E-state index contributed by atoms with van der Waals surface area (Å²) < 4.78 is 0. The predicted molar refractivity (Wildman–Crippen MR) is 81.2 cm³/mol. The molecule has 114 valence electrons. The molecule has 0 aliphatic heterocycles. The molecule has 21 heavy (non-hydrogen) atoms. The van der Waals surface area contributed by atoms with Gasteiger partial charge in [0.15, 0.2) is 0 Å². The van der Waals surface area contributed by atoms with E-state index in [0.717, 1.165) is 36.8 Å². The fourth-order valence-electron chi connectivity index (χ4n) is 2.74. The van der Waals surface area contributed by atoms with Crippen LogP contribution >= 0.6 is 0 Å². The van der Waals surface area contributed by atoms with Gasteiger partial charge in [-0.3, -0.25) is 9.59 Å². The molecule has 0 heterocycles. The Morgan fingerprint density at radius 2 is 1.71 bits per heavy atom. The van der Waals surface area contributed by atoms with E-state index >= 15 is 0 Å². The molecule has 1 fully saturated rings. The molecule has 1 aromatic rings. The van der Waals surface area contributed by atoms with Crippen LogP contribution in [0.5, 0.6) is 0 Å². The van der Waals surface area contributed by atoms with Crippen LogP contribution in [0.4, 0.5) is 0 Å². The van der Waals surface area contributed by atoms with Gasteiger partial charge in [-0.25, -0.2) is 0 Å². The summed E-state index contributed by atoms with van der Waals surface area (Å²) in [5, 5.41) is 2.98. The topological polar surface area (TPSA) is 98.2 Å². The van der Waals surface area contributed by atoms with Crippen LogP contribution in [0.2, 0.25) is 0 Å². The molecule has 1 unspecified atom stereocenters. The van der Waals surface area contributed by atoms with E-state index in [-0.39, 0.29) is 23.8 Å². The fraction of sp³-hybridized carbons (Fsp3) is 0.500. The number of carbonyl (C=O) groups excluding carboxylic acids is 2. The van der Waals surface area contributed by atoms with E-state index in [1.54, 1.807) is 0 Å². The van der Waals surface area contributed by atoms with Crippen molar-refractivity contribution in [1.82, 2.24) is 5.32 Å². The smallest absolute Gasteiger partial charge is 0.241 e. The highest BCUT2D eigenvalue weighted by Gasteiger charge is 2.27. The Hall–Kier alpha value is -1.88. The largest absolute Gasteiger partial charge is 0.369 e. The average Bonchev–Trinajstić information content (AvgIpc) is 2.47. The van der Waals surface area contributed by atoms with E-state index in [9.17, 15) is 9.59 Å². The molecule has 1 aliphatic carbocycles. The van der Waals surface area contributed by atoms with E-state index < -0.39 is 6.04 Å². The summed E-state index contributed by atoms with van der Waals surface area (Å²) in [6, 6.07) is 7.08. The Kier molecular flexibility index (Phi) is 4.96. The van der Waals surface area contributed by atoms with Crippen molar-refractivity contribution in [3.8, 4) is 0 Å². The Balaban J connectivity index is 1.87. The van der Waals surface area contributed by atoms with Gasteiger partial charge in [-0.2, -0.15) is 0 Å². The second-order valence-electron chi connectivity index (χ2n) is 5.85. The third-order valence-electron chi connectivity index (χ3n) is 4.19. The first-order valence-corrected chi connectivity index (χ1v) is 7.39. The molecule has 1 aromatic carbocycles. The molecular formula is C16H23N3O2. The molecule has 2 rings (SSSR count). The molecule has 1 aliphatic rings. The third-order valence-corrected chi connectivity index (χ3v) is 4.19. The molecule has 0 saturated heterocycles. The minimum atomic E-state index is -0.653. The van der Waals surface area contributed by atoms with E-state index in [2.05, 4.69) is 5.32 Å². The molecule has 0 aromatic heterocycles. The van der Waals surface area contributed by atoms with E-state index in [1.165, 1.54) is 0 Å². The number of hydrogen-bond donors (Lipinski definition) is 3. The number of amides is 2. The number of hydrogen-bond acceptors (Lipinski definition) is 3. The summed E-state index contributed by atoms with van der Waals surface area (Å²) in [6.45, 7) is 1.99. The van der Waals surface area contributed by atoms with E-state index in [4.69, 9.17) is 11.5 Å². The van der Waals surface area contributed by atoms with Gasteiger partial charge in [-0.1, -0.05) is 29.8 Å². The van der Waals surface area contributed by atoms with Crippen LogP contribution in [-0.4, -0.2) is 17.9 Å².